The number of para-hydroxylation sites is 1. The van der Waals surface area contributed by atoms with Crippen molar-refractivity contribution in [3.8, 4) is 0 Å². The molecule has 3 rings (SSSR count). The van der Waals surface area contributed by atoms with E-state index in [1.165, 1.54) is 6.08 Å². The number of ketones is 1. The fourth-order valence-electron chi connectivity index (χ4n) is 2.14. The minimum Gasteiger partial charge on any atom is -0.321 e. The van der Waals surface area contributed by atoms with E-state index in [0.717, 1.165) is 11.3 Å². The molecule has 0 saturated heterocycles. The molecule has 2 aromatic rings. The molecule has 0 aliphatic carbocycles. The number of rotatable bonds is 2. The highest BCUT2D eigenvalue weighted by Gasteiger charge is 2.24. The molecule has 1 aliphatic rings. The van der Waals surface area contributed by atoms with Gasteiger partial charge in [0.1, 0.15) is 0 Å². The minimum absolute atomic E-state index is 0.241. The molecule has 2 aromatic carbocycles. The van der Waals surface area contributed by atoms with Gasteiger partial charge in [-0.15, -0.1) is 0 Å². The maximum atomic E-state index is 12.2. The highest BCUT2D eigenvalue weighted by atomic mass is 35.5. The largest absolute Gasteiger partial charge is 0.321 e. The Morgan fingerprint density at radius 3 is 2.70 bits per heavy atom. The van der Waals surface area contributed by atoms with Crippen LogP contribution in [0.15, 0.2) is 54.6 Å². The van der Waals surface area contributed by atoms with E-state index in [2.05, 4.69) is 5.32 Å². The molecule has 1 aliphatic heterocycles. The van der Waals surface area contributed by atoms with Crippen molar-refractivity contribution in [3.63, 3.8) is 0 Å². The first-order valence-electron chi connectivity index (χ1n) is 6.07. The summed E-state index contributed by atoms with van der Waals surface area (Å²) >= 11 is 5.86. The van der Waals surface area contributed by atoms with E-state index >= 15 is 0 Å². The second-order valence-electron chi connectivity index (χ2n) is 4.43. The number of halogens is 1. The molecule has 3 nitrogen and oxygen atoms in total. The molecular weight excluding hydrogens is 274 g/mol. The SMILES string of the molecule is O=C1Nc2ccccc2/C1=C\C(=O)c1cccc(Cl)c1. The molecule has 0 radical (unpaired) electrons. The lowest BCUT2D eigenvalue weighted by atomic mass is 10.0. The van der Waals surface area contributed by atoms with E-state index in [0.29, 0.717) is 16.2 Å². The van der Waals surface area contributed by atoms with Gasteiger partial charge in [0.2, 0.25) is 0 Å². The number of anilines is 1. The molecule has 1 heterocycles. The lowest BCUT2D eigenvalue weighted by molar-refractivity contribution is -0.110. The molecule has 4 heteroatoms. The third kappa shape index (κ3) is 2.24. The summed E-state index contributed by atoms with van der Waals surface area (Å²) in [4.78, 5) is 24.1. The highest BCUT2D eigenvalue weighted by molar-refractivity contribution is 6.35. The summed E-state index contributed by atoms with van der Waals surface area (Å²) in [6.45, 7) is 0. The predicted octanol–water partition coefficient (Wildman–Crippen LogP) is 3.56. The maximum Gasteiger partial charge on any atom is 0.256 e. The first-order valence-corrected chi connectivity index (χ1v) is 6.45. The van der Waals surface area contributed by atoms with Crippen LogP contribution in [0.2, 0.25) is 5.02 Å². The van der Waals surface area contributed by atoms with Crippen LogP contribution in [0.3, 0.4) is 0 Å². The minimum atomic E-state index is -0.262. The van der Waals surface area contributed by atoms with Crippen LogP contribution in [0.25, 0.3) is 5.57 Å². The van der Waals surface area contributed by atoms with Gasteiger partial charge in [0.15, 0.2) is 5.78 Å². The first kappa shape index (κ1) is 12.6. The van der Waals surface area contributed by atoms with Crippen LogP contribution in [-0.2, 0) is 4.79 Å². The summed E-state index contributed by atoms with van der Waals surface area (Å²) in [7, 11) is 0. The van der Waals surface area contributed by atoms with Crippen LogP contribution in [-0.4, -0.2) is 11.7 Å². The lowest BCUT2D eigenvalue weighted by Crippen LogP contribution is -2.06. The van der Waals surface area contributed by atoms with Gasteiger partial charge < -0.3 is 5.32 Å². The Morgan fingerprint density at radius 2 is 1.90 bits per heavy atom. The van der Waals surface area contributed by atoms with Crippen molar-refractivity contribution >= 4 is 34.6 Å². The third-order valence-corrected chi connectivity index (χ3v) is 3.33. The first-order chi connectivity index (χ1) is 9.65. The lowest BCUT2D eigenvalue weighted by Gasteiger charge is -1.99. The quantitative estimate of drug-likeness (QED) is 0.677. The summed E-state index contributed by atoms with van der Waals surface area (Å²) in [6.07, 6.45) is 1.35. The number of nitrogens with one attached hydrogen (secondary N) is 1. The molecule has 0 fully saturated rings. The van der Waals surface area contributed by atoms with Gasteiger partial charge >= 0.3 is 0 Å². The van der Waals surface area contributed by atoms with Crippen molar-refractivity contribution in [2.24, 2.45) is 0 Å². The van der Waals surface area contributed by atoms with Crippen molar-refractivity contribution in [3.05, 3.63) is 70.8 Å². The Labute approximate surface area is 120 Å². The van der Waals surface area contributed by atoms with Gasteiger partial charge in [-0.3, -0.25) is 9.59 Å². The number of benzene rings is 2. The zero-order chi connectivity index (χ0) is 14.1. The molecule has 1 amide bonds. The Kier molecular flexibility index (Phi) is 3.12. The second-order valence-corrected chi connectivity index (χ2v) is 4.87. The summed E-state index contributed by atoms with van der Waals surface area (Å²) < 4.78 is 0. The average molecular weight is 284 g/mol. The van der Waals surface area contributed by atoms with E-state index in [9.17, 15) is 9.59 Å². The molecule has 1 N–H and O–H groups in total. The molecular formula is C16H10ClNO2. The van der Waals surface area contributed by atoms with Crippen LogP contribution in [0.4, 0.5) is 5.69 Å². The van der Waals surface area contributed by atoms with Crippen LogP contribution < -0.4 is 5.32 Å². The Hall–Kier alpha value is -2.39. The Balaban J connectivity index is 2.01. The zero-order valence-electron chi connectivity index (χ0n) is 10.4. The molecule has 0 bridgehead atoms. The van der Waals surface area contributed by atoms with E-state index in [4.69, 9.17) is 11.6 Å². The van der Waals surface area contributed by atoms with Crippen LogP contribution in [0.5, 0.6) is 0 Å². The van der Waals surface area contributed by atoms with Gasteiger partial charge in [0.05, 0.1) is 5.57 Å². The zero-order valence-corrected chi connectivity index (χ0v) is 11.1. The topological polar surface area (TPSA) is 46.2 Å². The van der Waals surface area contributed by atoms with Gasteiger partial charge in [-0.25, -0.2) is 0 Å². The monoisotopic (exact) mass is 283 g/mol. The molecule has 0 atom stereocenters. The number of carbonyl (C=O) groups is 2. The Morgan fingerprint density at radius 1 is 1.10 bits per heavy atom. The second kappa shape index (κ2) is 4.94. The fraction of sp³-hybridized carbons (Fsp3) is 0. The molecule has 0 aromatic heterocycles. The van der Waals surface area contributed by atoms with Gasteiger partial charge in [0, 0.05) is 21.8 Å². The van der Waals surface area contributed by atoms with E-state index < -0.39 is 0 Å². The van der Waals surface area contributed by atoms with Crippen molar-refractivity contribution in [2.75, 3.05) is 5.32 Å². The third-order valence-electron chi connectivity index (χ3n) is 3.09. The standard InChI is InChI=1S/C16H10ClNO2/c17-11-5-3-4-10(8-11)15(19)9-13-12-6-1-2-7-14(12)18-16(13)20/h1-9H,(H,18,20)/b13-9+. The van der Waals surface area contributed by atoms with Crippen molar-refractivity contribution in [1.82, 2.24) is 0 Å². The number of hydrogen-bond acceptors (Lipinski definition) is 2. The van der Waals surface area contributed by atoms with Gasteiger partial charge in [-0.05, 0) is 24.3 Å². The normalized spacial score (nSPS) is 15.1. The molecule has 0 saturated carbocycles. The average Bonchev–Trinajstić information content (AvgIpc) is 2.75. The number of allylic oxidation sites excluding steroid dienone is 1. The highest BCUT2D eigenvalue weighted by Crippen LogP contribution is 2.31. The number of hydrogen-bond donors (Lipinski definition) is 1. The number of carbonyl (C=O) groups excluding carboxylic acids is 2. The molecule has 20 heavy (non-hydrogen) atoms. The van der Waals surface area contributed by atoms with Crippen LogP contribution >= 0.6 is 11.6 Å². The predicted molar refractivity (Wildman–Crippen MR) is 78.8 cm³/mol. The smallest absolute Gasteiger partial charge is 0.256 e. The number of amides is 1. The van der Waals surface area contributed by atoms with Crippen LogP contribution in [0, 0.1) is 0 Å². The Bertz CT molecular complexity index is 750. The van der Waals surface area contributed by atoms with Gasteiger partial charge in [-0.1, -0.05) is 41.9 Å². The van der Waals surface area contributed by atoms with Gasteiger partial charge in [-0.2, -0.15) is 0 Å². The van der Waals surface area contributed by atoms with Gasteiger partial charge in [0.25, 0.3) is 5.91 Å². The maximum absolute atomic E-state index is 12.2. The van der Waals surface area contributed by atoms with Crippen molar-refractivity contribution in [1.29, 1.82) is 0 Å². The summed E-state index contributed by atoms with van der Waals surface area (Å²) in [5, 5.41) is 3.22. The molecule has 98 valence electrons. The summed E-state index contributed by atoms with van der Waals surface area (Å²) in [5.41, 5.74) is 2.31. The van der Waals surface area contributed by atoms with Crippen molar-refractivity contribution < 1.29 is 9.59 Å². The molecule has 0 spiro atoms. The molecule has 0 unspecified atom stereocenters. The van der Waals surface area contributed by atoms with E-state index in [1.807, 2.05) is 18.2 Å². The van der Waals surface area contributed by atoms with Crippen LogP contribution in [0.1, 0.15) is 15.9 Å². The van der Waals surface area contributed by atoms with Crippen molar-refractivity contribution in [2.45, 2.75) is 0 Å². The van der Waals surface area contributed by atoms with E-state index in [1.54, 1.807) is 30.3 Å². The van der Waals surface area contributed by atoms with E-state index in [-0.39, 0.29) is 11.7 Å². The fourth-order valence-corrected chi connectivity index (χ4v) is 2.33. The summed E-state index contributed by atoms with van der Waals surface area (Å²) in [6, 6.07) is 13.9. The summed E-state index contributed by atoms with van der Waals surface area (Å²) in [5.74, 6) is -0.504. The number of fused-ring (bicyclic) bond motifs is 1.